The second-order valence-corrected chi connectivity index (χ2v) is 5.96. The number of nitrogens with zero attached hydrogens (tertiary/aromatic N) is 1. The van der Waals surface area contributed by atoms with Gasteiger partial charge in [0.1, 0.15) is 5.75 Å². The van der Waals surface area contributed by atoms with E-state index in [1.54, 1.807) is 12.2 Å². The molecule has 0 aliphatic rings. The molecule has 0 atom stereocenters. The first-order valence-electron chi connectivity index (χ1n) is 7.09. The highest BCUT2D eigenvalue weighted by Gasteiger charge is 2.38. The van der Waals surface area contributed by atoms with Crippen molar-refractivity contribution in [1.82, 2.24) is 9.88 Å². The van der Waals surface area contributed by atoms with Gasteiger partial charge in [0.05, 0.1) is 34.4 Å². The van der Waals surface area contributed by atoms with Crippen LogP contribution in [0.3, 0.4) is 0 Å². The van der Waals surface area contributed by atoms with Crippen LogP contribution in [-0.2, 0) is 23.1 Å². The van der Waals surface area contributed by atoms with E-state index in [9.17, 15) is 27.9 Å². The molecule has 1 aromatic heterocycles. The van der Waals surface area contributed by atoms with Crippen LogP contribution in [0.5, 0.6) is 5.75 Å². The molecule has 25 heavy (non-hydrogen) atoms. The summed E-state index contributed by atoms with van der Waals surface area (Å²) in [4.78, 5) is 23.4. The van der Waals surface area contributed by atoms with Gasteiger partial charge in [-0.1, -0.05) is 0 Å². The Labute approximate surface area is 148 Å². The van der Waals surface area contributed by atoms with E-state index in [-0.39, 0.29) is 23.6 Å². The van der Waals surface area contributed by atoms with Gasteiger partial charge in [0, 0.05) is 18.5 Å². The van der Waals surface area contributed by atoms with Crippen molar-refractivity contribution < 1.29 is 32.6 Å². The number of hydrogen-bond acceptors (Lipinski definition) is 4. The fraction of sp³-hybridized carbons (Fsp3) is 0.333. The van der Waals surface area contributed by atoms with Crippen molar-refractivity contribution in [2.24, 2.45) is 7.05 Å². The Bertz CT molecular complexity index is 846. The summed E-state index contributed by atoms with van der Waals surface area (Å²) < 4.78 is 43.9. The number of carbonyl (C=O) groups is 2. The van der Waals surface area contributed by atoms with E-state index in [0.717, 1.165) is 0 Å². The molecule has 1 aromatic carbocycles. The molecule has 1 heterocycles. The molecule has 0 unspecified atom stereocenters. The molecule has 136 valence electrons. The number of aromatic hydroxyl groups is 1. The number of alkyl halides is 3. The summed E-state index contributed by atoms with van der Waals surface area (Å²) in [5, 5.41) is 11.9. The summed E-state index contributed by atoms with van der Waals surface area (Å²) in [5.41, 5.74) is 0.561. The maximum absolute atomic E-state index is 12.4. The van der Waals surface area contributed by atoms with Crippen molar-refractivity contribution in [3.8, 4) is 5.75 Å². The lowest BCUT2D eigenvalue weighted by molar-refractivity contribution is -0.173. The number of nitrogens with one attached hydrogen (secondary N) is 1. The van der Waals surface area contributed by atoms with E-state index in [1.807, 2.05) is 0 Å². The molecule has 10 heteroatoms. The van der Waals surface area contributed by atoms with E-state index in [4.69, 9.17) is 4.74 Å². The first-order chi connectivity index (χ1) is 11.6. The highest BCUT2D eigenvalue weighted by molar-refractivity contribution is 9.10. The van der Waals surface area contributed by atoms with Gasteiger partial charge in [0.2, 0.25) is 0 Å². The summed E-state index contributed by atoms with van der Waals surface area (Å²) in [5.74, 6) is -2.95. The molecule has 0 bridgehead atoms. The van der Waals surface area contributed by atoms with Gasteiger partial charge in [-0.15, -0.1) is 0 Å². The number of aromatic nitrogens is 1. The summed E-state index contributed by atoms with van der Waals surface area (Å²) in [6.07, 6.45) is -5.03. The Morgan fingerprint density at radius 1 is 1.36 bits per heavy atom. The minimum Gasteiger partial charge on any atom is -0.507 e. The second-order valence-electron chi connectivity index (χ2n) is 5.10. The molecule has 6 nitrogen and oxygen atoms in total. The summed E-state index contributed by atoms with van der Waals surface area (Å²) in [6.45, 7) is 1.13. The molecular formula is C15H14BrF3N2O4. The van der Waals surface area contributed by atoms with Gasteiger partial charge < -0.3 is 19.7 Å². The van der Waals surface area contributed by atoms with E-state index in [0.29, 0.717) is 15.4 Å². The minimum atomic E-state index is -5.03. The predicted octanol–water partition coefficient (Wildman–Crippen LogP) is 3.00. The second kappa shape index (κ2) is 6.95. The van der Waals surface area contributed by atoms with E-state index >= 15 is 0 Å². The van der Waals surface area contributed by atoms with Crippen LogP contribution >= 0.6 is 15.9 Å². The number of aryl methyl sites for hydroxylation is 1. The Hall–Kier alpha value is -2.23. The summed E-state index contributed by atoms with van der Waals surface area (Å²) in [6, 6.07) is 2.82. The van der Waals surface area contributed by atoms with Gasteiger partial charge in [-0.3, -0.25) is 4.79 Å². The van der Waals surface area contributed by atoms with Crippen molar-refractivity contribution in [2.45, 2.75) is 19.6 Å². The van der Waals surface area contributed by atoms with Crippen LogP contribution < -0.4 is 5.32 Å². The van der Waals surface area contributed by atoms with Gasteiger partial charge in [0.15, 0.2) is 0 Å². The highest BCUT2D eigenvalue weighted by atomic mass is 79.9. The van der Waals surface area contributed by atoms with E-state index in [1.165, 1.54) is 23.7 Å². The average molecular weight is 423 g/mol. The Morgan fingerprint density at radius 3 is 2.56 bits per heavy atom. The third-order valence-corrected chi connectivity index (χ3v) is 4.18. The largest absolute Gasteiger partial charge is 0.507 e. The van der Waals surface area contributed by atoms with E-state index in [2.05, 4.69) is 15.9 Å². The number of carbonyl (C=O) groups excluding carboxylic acids is 2. The number of esters is 1. The Balaban J connectivity index is 2.57. The molecule has 0 aliphatic carbocycles. The number of halogens is 4. The number of phenolic OH excluding ortho intramolecular Hbond substituents is 1. The quantitative estimate of drug-likeness (QED) is 0.742. The summed E-state index contributed by atoms with van der Waals surface area (Å²) >= 11 is 3.13. The van der Waals surface area contributed by atoms with Crippen molar-refractivity contribution in [1.29, 1.82) is 0 Å². The molecule has 2 aromatic rings. The summed E-state index contributed by atoms with van der Waals surface area (Å²) in [7, 11) is 1.51. The van der Waals surface area contributed by atoms with Crippen LogP contribution in [0.25, 0.3) is 10.9 Å². The lowest BCUT2D eigenvalue weighted by Gasteiger charge is -2.11. The van der Waals surface area contributed by atoms with Crippen LogP contribution in [0.15, 0.2) is 16.6 Å². The number of hydrogen-bond donors (Lipinski definition) is 2. The van der Waals surface area contributed by atoms with E-state index < -0.39 is 24.6 Å². The molecule has 2 rings (SSSR count). The highest BCUT2D eigenvalue weighted by Crippen LogP contribution is 2.34. The van der Waals surface area contributed by atoms with Crippen molar-refractivity contribution in [2.75, 3.05) is 6.61 Å². The molecule has 0 radical (unpaired) electrons. The number of fused-ring (bicyclic) bond motifs is 1. The van der Waals surface area contributed by atoms with Crippen LogP contribution in [0.1, 0.15) is 23.0 Å². The van der Waals surface area contributed by atoms with Gasteiger partial charge in [-0.25, -0.2) is 4.79 Å². The maximum atomic E-state index is 12.4. The Kier molecular flexibility index (Phi) is 5.31. The standard InChI is InChI=1S/C15H14BrF3N2O4/c1-3-25-13(23)12-7-4-8(16)11(22)5-9(7)21(2)10(12)6-20-14(24)15(17,18)19/h4-5,22H,3,6H2,1-2H3,(H,20,24). The van der Waals surface area contributed by atoms with Gasteiger partial charge >= 0.3 is 18.1 Å². The fourth-order valence-corrected chi connectivity index (χ4v) is 2.74. The number of rotatable bonds is 4. The number of ether oxygens (including phenoxy) is 1. The zero-order valence-corrected chi connectivity index (χ0v) is 14.8. The lowest BCUT2D eigenvalue weighted by Crippen LogP contribution is -2.37. The normalized spacial score (nSPS) is 11.6. The van der Waals surface area contributed by atoms with Crippen LogP contribution in [-0.4, -0.2) is 34.3 Å². The zero-order chi connectivity index (χ0) is 18.9. The average Bonchev–Trinajstić information content (AvgIpc) is 2.77. The van der Waals surface area contributed by atoms with Crippen LogP contribution in [0, 0.1) is 0 Å². The predicted molar refractivity (Wildman–Crippen MR) is 86.1 cm³/mol. The fourth-order valence-electron chi connectivity index (χ4n) is 2.40. The minimum absolute atomic E-state index is 0.0301. The number of benzene rings is 1. The molecule has 1 amide bonds. The molecule has 0 saturated heterocycles. The topological polar surface area (TPSA) is 80.6 Å². The van der Waals surface area contributed by atoms with Crippen LogP contribution in [0.2, 0.25) is 0 Å². The third-order valence-electron chi connectivity index (χ3n) is 3.54. The maximum Gasteiger partial charge on any atom is 0.471 e. The first-order valence-corrected chi connectivity index (χ1v) is 7.89. The molecule has 0 spiro atoms. The third kappa shape index (κ3) is 3.73. The lowest BCUT2D eigenvalue weighted by atomic mass is 10.1. The van der Waals surface area contributed by atoms with Crippen molar-refractivity contribution in [3.63, 3.8) is 0 Å². The monoisotopic (exact) mass is 422 g/mol. The van der Waals surface area contributed by atoms with Crippen molar-refractivity contribution in [3.05, 3.63) is 27.9 Å². The molecule has 0 fully saturated rings. The first kappa shape index (κ1) is 19.1. The SMILES string of the molecule is CCOC(=O)c1c(CNC(=O)C(F)(F)F)n(C)c2cc(O)c(Br)cc12. The van der Waals surface area contributed by atoms with Gasteiger partial charge in [0.25, 0.3) is 0 Å². The Morgan fingerprint density at radius 2 is 2.00 bits per heavy atom. The smallest absolute Gasteiger partial charge is 0.471 e. The van der Waals surface area contributed by atoms with Gasteiger partial charge in [-0.2, -0.15) is 13.2 Å². The zero-order valence-electron chi connectivity index (χ0n) is 13.2. The molecule has 0 aliphatic heterocycles. The van der Waals surface area contributed by atoms with Crippen LogP contribution in [0.4, 0.5) is 13.2 Å². The number of phenols is 1. The molecular weight excluding hydrogens is 409 g/mol. The van der Waals surface area contributed by atoms with Crippen molar-refractivity contribution >= 4 is 38.7 Å². The molecule has 2 N–H and O–H groups in total. The number of amides is 1. The van der Waals surface area contributed by atoms with Gasteiger partial charge in [-0.05, 0) is 28.9 Å². The molecule has 0 saturated carbocycles.